The van der Waals surface area contributed by atoms with Crippen molar-refractivity contribution in [2.45, 2.75) is 65.5 Å². The van der Waals surface area contributed by atoms with E-state index in [1.165, 1.54) is 0 Å². The molecule has 0 radical (unpaired) electrons. The van der Waals surface area contributed by atoms with E-state index in [9.17, 15) is 14.4 Å². The monoisotopic (exact) mass is 358 g/mol. The molecule has 8 heteroatoms. The number of carbonyl (C=O) groups is 3. The van der Waals surface area contributed by atoms with E-state index >= 15 is 0 Å². The molecule has 146 valence electrons. The fraction of sp³-hybridized carbons (Fsp3) is 0.824. The number of carbonyl (C=O) groups excluding carboxylic acids is 3. The molecule has 0 unspecified atom stereocenters. The van der Waals surface area contributed by atoms with Gasteiger partial charge in [-0.15, -0.1) is 0 Å². The second kappa shape index (κ2) is 11.7. The Labute approximate surface area is 150 Å². The highest BCUT2D eigenvalue weighted by Crippen LogP contribution is 2.06. The van der Waals surface area contributed by atoms with Gasteiger partial charge in [0.15, 0.2) is 0 Å². The molecule has 1 atom stereocenters. The molecule has 0 saturated carbocycles. The summed E-state index contributed by atoms with van der Waals surface area (Å²) >= 11 is 0. The number of unbranched alkanes of at least 4 members (excludes halogenated alkanes) is 1. The van der Waals surface area contributed by atoms with Crippen molar-refractivity contribution in [3.8, 4) is 0 Å². The third kappa shape index (κ3) is 13.2. The molecule has 0 fully saturated rings. The second-order valence-corrected chi connectivity index (χ2v) is 7.38. The molecule has 0 aliphatic heterocycles. The van der Waals surface area contributed by atoms with Crippen molar-refractivity contribution in [2.24, 2.45) is 11.7 Å². The van der Waals surface area contributed by atoms with E-state index in [1.54, 1.807) is 20.8 Å². The molecule has 0 aromatic carbocycles. The van der Waals surface area contributed by atoms with E-state index in [2.05, 4.69) is 16.0 Å². The van der Waals surface area contributed by atoms with E-state index in [4.69, 9.17) is 10.5 Å². The second-order valence-electron chi connectivity index (χ2n) is 7.38. The van der Waals surface area contributed by atoms with E-state index in [0.29, 0.717) is 32.4 Å². The lowest BCUT2D eigenvalue weighted by atomic mass is 10.0. The molecular formula is C17H34N4O4. The van der Waals surface area contributed by atoms with Crippen LogP contribution in [0, 0.1) is 5.92 Å². The molecule has 3 amide bonds. The predicted octanol–water partition coefficient (Wildman–Crippen LogP) is 0.897. The van der Waals surface area contributed by atoms with Gasteiger partial charge in [0.25, 0.3) is 0 Å². The molecule has 8 nitrogen and oxygen atoms in total. The predicted molar refractivity (Wildman–Crippen MR) is 96.9 cm³/mol. The maximum atomic E-state index is 12.2. The molecule has 0 bridgehead atoms. The van der Waals surface area contributed by atoms with Gasteiger partial charge in [0.2, 0.25) is 11.8 Å². The fourth-order valence-electron chi connectivity index (χ4n) is 2.05. The summed E-state index contributed by atoms with van der Waals surface area (Å²) in [6, 6.07) is -0.573. The minimum absolute atomic E-state index is 0.141. The molecule has 0 aliphatic rings. The lowest BCUT2D eigenvalue weighted by molar-refractivity contribution is -0.128. The fourth-order valence-corrected chi connectivity index (χ4v) is 2.05. The summed E-state index contributed by atoms with van der Waals surface area (Å²) in [6.07, 6.45) is 1.53. The number of ether oxygens (including phenoxy) is 1. The minimum atomic E-state index is -0.573. The van der Waals surface area contributed by atoms with Gasteiger partial charge in [-0.05, 0) is 46.0 Å². The quantitative estimate of drug-likeness (QED) is 0.432. The Morgan fingerprint density at radius 3 is 2.08 bits per heavy atom. The molecule has 0 aliphatic carbocycles. The molecular weight excluding hydrogens is 324 g/mol. The van der Waals surface area contributed by atoms with Crippen molar-refractivity contribution < 1.29 is 19.1 Å². The summed E-state index contributed by atoms with van der Waals surface area (Å²) in [5.74, 6) is -0.287. The van der Waals surface area contributed by atoms with Crippen LogP contribution in [0.1, 0.15) is 53.9 Å². The van der Waals surface area contributed by atoms with Crippen LogP contribution in [0.15, 0.2) is 0 Å². The van der Waals surface area contributed by atoms with Gasteiger partial charge in [-0.3, -0.25) is 9.59 Å². The molecule has 0 heterocycles. The highest BCUT2D eigenvalue weighted by atomic mass is 16.6. The topological polar surface area (TPSA) is 123 Å². The zero-order chi connectivity index (χ0) is 19.5. The molecule has 0 aromatic rings. The first kappa shape index (κ1) is 23.2. The first-order valence-electron chi connectivity index (χ1n) is 8.79. The van der Waals surface area contributed by atoms with Gasteiger partial charge in [-0.25, -0.2) is 4.79 Å². The van der Waals surface area contributed by atoms with Gasteiger partial charge in [0.05, 0.1) is 6.54 Å². The van der Waals surface area contributed by atoms with E-state index in [-0.39, 0.29) is 24.3 Å². The van der Waals surface area contributed by atoms with Crippen molar-refractivity contribution in [1.29, 1.82) is 0 Å². The van der Waals surface area contributed by atoms with Crippen molar-refractivity contribution in [2.75, 3.05) is 19.6 Å². The molecule has 0 saturated heterocycles. The smallest absolute Gasteiger partial charge is 0.407 e. The van der Waals surface area contributed by atoms with E-state index in [1.807, 2.05) is 13.8 Å². The Kier molecular flexibility index (Phi) is 10.8. The third-order valence-electron chi connectivity index (χ3n) is 3.12. The highest BCUT2D eigenvalue weighted by Gasteiger charge is 2.21. The molecule has 5 N–H and O–H groups in total. The van der Waals surface area contributed by atoms with Crippen LogP contribution in [0.5, 0.6) is 0 Å². The zero-order valence-corrected chi connectivity index (χ0v) is 16.1. The van der Waals surface area contributed by atoms with Crippen LogP contribution >= 0.6 is 0 Å². The van der Waals surface area contributed by atoms with E-state index in [0.717, 1.165) is 0 Å². The van der Waals surface area contributed by atoms with Crippen LogP contribution in [0.2, 0.25) is 0 Å². The largest absolute Gasteiger partial charge is 0.444 e. The molecule has 0 aromatic heterocycles. The summed E-state index contributed by atoms with van der Waals surface area (Å²) in [5, 5.41) is 8.11. The molecule has 0 rings (SSSR count). The van der Waals surface area contributed by atoms with Crippen LogP contribution in [0.25, 0.3) is 0 Å². The SMILES string of the molecule is CC(C)C[C@H](NC(=O)CN)C(=O)NCCCCNC(=O)OC(C)(C)C. The number of nitrogens with two attached hydrogens (primary N) is 1. The summed E-state index contributed by atoms with van der Waals surface area (Å²) < 4.78 is 5.13. The van der Waals surface area contributed by atoms with Gasteiger partial charge in [-0.2, -0.15) is 0 Å². The number of hydrogen-bond acceptors (Lipinski definition) is 5. The number of amides is 3. The summed E-state index contributed by atoms with van der Waals surface area (Å²) in [5.41, 5.74) is 4.76. The van der Waals surface area contributed by atoms with Crippen molar-refractivity contribution in [1.82, 2.24) is 16.0 Å². The number of nitrogens with one attached hydrogen (secondary N) is 3. The van der Waals surface area contributed by atoms with Gasteiger partial charge in [0.1, 0.15) is 11.6 Å². The number of rotatable bonds is 10. The summed E-state index contributed by atoms with van der Waals surface area (Å²) in [4.78, 5) is 35.1. The van der Waals surface area contributed by atoms with Crippen molar-refractivity contribution >= 4 is 17.9 Å². The van der Waals surface area contributed by atoms with Crippen LogP contribution in [-0.4, -0.2) is 49.2 Å². The molecule has 0 spiro atoms. The Hall–Kier alpha value is -1.83. The van der Waals surface area contributed by atoms with Crippen LogP contribution in [-0.2, 0) is 14.3 Å². The van der Waals surface area contributed by atoms with Crippen LogP contribution in [0.4, 0.5) is 4.79 Å². The van der Waals surface area contributed by atoms with Crippen molar-refractivity contribution in [3.63, 3.8) is 0 Å². The number of alkyl carbamates (subject to hydrolysis) is 1. The molecule has 25 heavy (non-hydrogen) atoms. The third-order valence-corrected chi connectivity index (χ3v) is 3.12. The normalized spacial score (nSPS) is 12.4. The van der Waals surface area contributed by atoms with Gasteiger partial charge in [-0.1, -0.05) is 13.8 Å². The highest BCUT2D eigenvalue weighted by molar-refractivity contribution is 5.88. The maximum absolute atomic E-state index is 12.2. The average Bonchev–Trinajstić information content (AvgIpc) is 2.47. The number of hydrogen-bond donors (Lipinski definition) is 4. The van der Waals surface area contributed by atoms with Crippen molar-refractivity contribution in [3.05, 3.63) is 0 Å². The average molecular weight is 358 g/mol. The Morgan fingerprint density at radius 1 is 1.04 bits per heavy atom. The Morgan fingerprint density at radius 2 is 1.60 bits per heavy atom. The lowest BCUT2D eigenvalue weighted by Crippen LogP contribution is -2.49. The minimum Gasteiger partial charge on any atom is -0.444 e. The zero-order valence-electron chi connectivity index (χ0n) is 16.1. The lowest BCUT2D eigenvalue weighted by Gasteiger charge is -2.20. The van der Waals surface area contributed by atoms with E-state index < -0.39 is 17.7 Å². The summed E-state index contributed by atoms with van der Waals surface area (Å²) in [7, 11) is 0. The van der Waals surface area contributed by atoms with Gasteiger partial charge >= 0.3 is 6.09 Å². The Bertz CT molecular complexity index is 433. The van der Waals surface area contributed by atoms with Crippen LogP contribution < -0.4 is 21.7 Å². The first-order chi connectivity index (χ1) is 11.5. The standard InChI is InChI=1S/C17H34N4O4/c1-12(2)10-13(21-14(22)11-18)15(23)19-8-6-7-9-20-16(24)25-17(3,4)5/h12-13H,6-11,18H2,1-5H3,(H,19,23)(H,20,24)(H,21,22)/t13-/m0/s1. The first-order valence-corrected chi connectivity index (χ1v) is 8.79. The summed E-state index contributed by atoms with van der Waals surface area (Å²) in [6.45, 7) is 10.2. The maximum Gasteiger partial charge on any atom is 0.407 e. The Balaban J connectivity index is 4.02. The van der Waals surface area contributed by atoms with Gasteiger partial charge in [0, 0.05) is 13.1 Å². The van der Waals surface area contributed by atoms with Crippen LogP contribution in [0.3, 0.4) is 0 Å². The van der Waals surface area contributed by atoms with Gasteiger partial charge < -0.3 is 26.4 Å².